The van der Waals surface area contributed by atoms with Crippen LogP contribution in [0, 0.1) is 0 Å². The van der Waals surface area contributed by atoms with Crippen molar-refractivity contribution in [2.24, 2.45) is 0 Å². The quantitative estimate of drug-likeness (QED) is 0.823. The number of anilines is 1. The highest BCUT2D eigenvalue weighted by atomic mass is 16.6. The van der Waals surface area contributed by atoms with Gasteiger partial charge in [-0.05, 0) is 58.1 Å². The molecule has 0 aliphatic carbocycles. The maximum Gasteiger partial charge on any atom is 0.408 e. The summed E-state index contributed by atoms with van der Waals surface area (Å²) in [6.45, 7) is 5.71. The topological polar surface area (TPSA) is 95.9 Å². The van der Waals surface area contributed by atoms with Gasteiger partial charge in [0.25, 0.3) is 0 Å². The molecule has 0 aromatic heterocycles. The van der Waals surface area contributed by atoms with Gasteiger partial charge in [-0.25, -0.2) is 9.59 Å². The number of amides is 2. The number of carbonyl (C=O) groups excluding carboxylic acids is 2. The summed E-state index contributed by atoms with van der Waals surface area (Å²) < 4.78 is 5.10. The van der Waals surface area contributed by atoms with Gasteiger partial charge in [-0.1, -0.05) is 18.2 Å². The molecule has 2 N–H and O–H groups in total. The first-order chi connectivity index (χ1) is 12.7. The smallest absolute Gasteiger partial charge is 0.408 e. The molecule has 27 heavy (non-hydrogen) atoms. The molecule has 1 heterocycles. The van der Waals surface area contributed by atoms with Crippen LogP contribution in [-0.2, 0) is 20.7 Å². The Morgan fingerprint density at radius 1 is 1.22 bits per heavy atom. The monoisotopic (exact) mass is 376 g/mol. The first-order valence-electron chi connectivity index (χ1n) is 9.28. The second-order valence-corrected chi connectivity index (χ2v) is 7.71. The lowest BCUT2D eigenvalue weighted by Crippen LogP contribution is -2.44. The molecule has 0 radical (unpaired) electrons. The second kappa shape index (κ2) is 8.88. The molecule has 0 bridgehead atoms. The van der Waals surface area contributed by atoms with Gasteiger partial charge in [-0.15, -0.1) is 0 Å². The highest BCUT2D eigenvalue weighted by Crippen LogP contribution is 2.27. The highest BCUT2D eigenvalue weighted by Gasteiger charge is 2.27. The highest BCUT2D eigenvalue weighted by molar-refractivity contribution is 5.94. The summed E-state index contributed by atoms with van der Waals surface area (Å²) in [4.78, 5) is 37.8. The number of ether oxygens (including phenoxy) is 1. The van der Waals surface area contributed by atoms with Gasteiger partial charge in [0.1, 0.15) is 11.6 Å². The summed E-state index contributed by atoms with van der Waals surface area (Å²) in [5.41, 5.74) is 1.30. The molecule has 0 saturated carbocycles. The maximum absolute atomic E-state index is 12.7. The van der Waals surface area contributed by atoms with Crippen molar-refractivity contribution >= 4 is 23.7 Å². The molecule has 1 aliphatic rings. The fourth-order valence-corrected chi connectivity index (χ4v) is 3.06. The van der Waals surface area contributed by atoms with Crippen LogP contribution in [0.3, 0.4) is 0 Å². The van der Waals surface area contributed by atoms with Crippen molar-refractivity contribution in [3.8, 4) is 0 Å². The third kappa shape index (κ3) is 6.27. The molecular formula is C20H28N2O5. The number of hydrogen-bond donors (Lipinski definition) is 2. The molecular weight excluding hydrogens is 348 g/mol. The zero-order valence-electron chi connectivity index (χ0n) is 16.2. The van der Waals surface area contributed by atoms with E-state index < -0.39 is 23.7 Å². The Kier molecular flexibility index (Phi) is 6.82. The number of rotatable bonds is 5. The predicted molar refractivity (Wildman–Crippen MR) is 102 cm³/mol. The Morgan fingerprint density at radius 3 is 2.59 bits per heavy atom. The van der Waals surface area contributed by atoms with Gasteiger partial charge < -0.3 is 20.1 Å². The molecule has 0 saturated heterocycles. The van der Waals surface area contributed by atoms with Crippen LogP contribution in [0.4, 0.5) is 10.5 Å². The Balaban J connectivity index is 2.00. The van der Waals surface area contributed by atoms with Crippen molar-refractivity contribution in [2.45, 2.75) is 64.5 Å². The summed E-state index contributed by atoms with van der Waals surface area (Å²) in [5, 5.41) is 11.7. The van der Waals surface area contributed by atoms with E-state index in [1.807, 2.05) is 24.3 Å². The standard InChI is InChI=1S/C20H28N2O5/c1-20(2,3)27-19(26)21-15(18(24)25)11-12-17(23)22-13-7-6-9-14-8-4-5-10-16(14)22/h4-5,8,10,15H,6-7,9,11-13H2,1-3H3,(H,21,26)(H,24,25)/t15-/m0/s1. The second-order valence-electron chi connectivity index (χ2n) is 7.71. The van der Waals surface area contributed by atoms with Crippen LogP contribution in [0.25, 0.3) is 0 Å². The zero-order valence-corrected chi connectivity index (χ0v) is 16.2. The van der Waals surface area contributed by atoms with E-state index in [0.29, 0.717) is 6.54 Å². The van der Waals surface area contributed by atoms with Crippen molar-refractivity contribution in [3.05, 3.63) is 29.8 Å². The van der Waals surface area contributed by atoms with E-state index in [1.165, 1.54) is 0 Å². The van der Waals surface area contributed by atoms with Crippen LogP contribution in [0.5, 0.6) is 0 Å². The van der Waals surface area contributed by atoms with Crippen LogP contribution in [-0.4, -0.2) is 41.3 Å². The van der Waals surface area contributed by atoms with Crippen molar-refractivity contribution in [2.75, 3.05) is 11.4 Å². The Labute approximate surface area is 159 Å². The van der Waals surface area contributed by atoms with E-state index in [2.05, 4.69) is 5.32 Å². The molecule has 148 valence electrons. The fourth-order valence-electron chi connectivity index (χ4n) is 3.06. The molecule has 1 aromatic carbocycles. The first kappa shape index (κ1) is 20.7. The van der Waals surface area contributed by atoms with Crippen LogP contribution in [0.1, 0.15) is 52.0 Å². The molecule has 7 heteroatoms. The summed E-state index contributed by atoms with van der Waals surface area (Å²) >= 11 is 0. The fraction of sp³-hybridized carbons (Fsp3) is 0.550. The van der Waals surface area contributed by atoms with Gasteiger partial charge in [0.2, 0.25) is 5.91 Å². The number of fused-ring (bicyclic) bond motifs is 1. The number of benzene rings is 1. The van der Waals surface area contributed by atoms with Crippen molar-refractivity contribution < 1.29 is 24.2 Å². The van der Waals surface area contributed by atoms with Crippen LogP contribution < -0.4 is 10.2 Å². The van der Waals surface area contributed by atoms with E-state index >= 15 is 0 Å². The number of carbonyl (C=O) groups is 3. The molecule has 2 amide bonds. The molecule has 2 rings (SSSR count). The number of carboxylic acids is 1. The summed E-state index contributed by atoms with van der Waals surface area (Å²) in [6.07, 6.45) is 2.07. The largest absolute Gasteiger partial charge is 0.480 e. The maximum atomic E-state index is 12.7. The van der Waals surface area contributed by atoms with E-state index in [0.717, 1.165) is 30.5 Å². The minimum atomic E-state index is -1.19. The Morgan fingerprint density at radius 2 is 1.93 bits per heavy atom. The Hall–Kier alpha value is -2.57. The van der Waals surface area contributed by atoms with Gasteiger partial charge in [-0.2, -0.15) is 0 Å². The number of carboxylic acid groups (broad SMARTS) is 1. The average Bonchev–Trinajstić information content (AvgIpc) is 2.79. The first-order valence-corrected chi connectivity index (χ1v) is 9.28. The number of aryl methyl sites for hydroxylation is 1. The van der Waals surface area contributed by atoms with E-state index in [9.17, 15) is 19.5 Å². The minimum absolute atomic E-state index is 0.00603. The van der Waals surface area contributed by atoms with Crippen molar-refractivity contribution in [3.63, 3.8) is 0 Å². The van der Waals surface area contributed by atoms with Crippen molar-refractivity contribution in [1.82, 2.24) is 5.32 Å². The van der Waals surface area contributed by atoms with Gasteiger partial charge in [-0.3, -0.25) is 4.79 Å². The number of hydrogen-bond acceptors (Lipinski definition) is 4. The number of alkyl carbamates (subject to hydrolysis) is 1. The molecule has 1 aromatic rings. The third-order valence-corrected chi connectivity index (χ3v) is 4.30. The lowest BCUT2D eigenvalue weighted by Gasteiger charge is -2.24. The minimum Gasteiger partial charge on any atom is -0.480 e. The number of nitrogens with one attached hydrogen (secondary N) is 1. The van der Waals surface area contributed by atoms with E-state index in [4.69, 9.17) is 4.74 Å². The lowest BCUT2D eigenvalue weighted by molar-refractivity contribution is -0.139. The molecule has 0 spiro atoms. The van der Waals surface area contributed by atoms with Gasteiger partial charge in [0.15, 0.2) is 0 Å². The molecule has 7 nitrogen and oxygen atoms in total. The van der Waals surface area contributed by atoms with Crippen molar-refractivity contribution in [1.29, 1.82) is 0 Å². The van der Waals surface area contributed by atoms with Gasteiger partial charge in [0, 0.05) is 18.7 Å². The third-order valence-electron chi connectivity index (χ3n) is 4.30. The molecule has 1 aliphatic heterocycles. The van der Waals surface area contributed by atoms with Gasteiger partial charge >= 0.3 is 12.1 Å². The zero-order chi connectivity index (χ0) is 20.0. The molecule has 0 fully saturated rings. The normalized spacial score (nSPS) is 15.3. The van der Waals surface area contributed by atoms with Crippen LogP contribution >= 0.6 is 0 Å². The number of aliphatic carboxylic acids is 1. The predicted octanol–water partition coefficient (Wildman–Crippen LogP) is 3.11. The SMILES string of the molecule is CC(C)(C)OC(=O)N[C@@H](CCC(=O)N1CCCCc2ccccc21)C(=O)O. The molecule has 1 atom stereocenters. The molecule has 0 unspecified atom stereocenters. The summed E-state index contributed by atoms with van der Waals surface area (Å²) in [6, 6.07) is 6.62. The lowest BCUT2D eigenvalue weighted by atomic mass is 10.1. The van der Waals surface area contributed by atoms with Crippen LogP contribution in [0.2, 0.25) is 0 Å². The van der Waals surface area contributed by atoms with Gasteiger partial charge in [0.05, 0.1) is 0 Å². The summed E-state index contributed by atoms with van der Waals surface area (Å²) in [5.74, 6) is -1.33. The Bertz CT molecular complexity index is 696. The van der Waals surface area contributed by atoms with E-state index in [1.54, 1.807) is 25.7 Å². The number of nitrogens with zero attached hydrogens (tertiary/aromatic N) is 1. The average molecular weight is 376 g/mol. The summed E-state index contributed by atoms with van der Waals surface area (Å²) in [7, 11) is 0. The van der Waals surface area contributed by atoms with E-state index in [-0.39, 0.29) is 18.7 Å². The van der Waals surface area contributed by atoms with Crippen LogP contribution in [0.15, 0.2) is 24.3 Å². The number of para-hydroxylation sites is 1.